The van der Waals surface area contributed by atoms with E-state index in [1.807, 2.05) is 4.90 Å². The lowest BCUT2D eigenvalue weighted by Gasteiger charge is -2.40. The first kappa shape index (κ1) is 19.5. The number of rotatable bonds is 4. The average Bonchev–Trinajstić information content (AvgIpc) is 3.36. The molecule has 1 atom stereocenters. The highest BCUT2D eigenvalue weighted by Crippen LogP contribution is 2.46. The van der Waals surface area contributed by atoms with Gasteiger partial charge in [0.25, 0.3) is 0 Å². The molecule has 6 heteroatoms. The third-order valence-electron chi connectivity index (χ3n) is 7.78. The maximum atomic E-state index is 13.0. The molecule has 3 saturated carbocycles. The Morgan fingerprint density at radius 2 is 1.57 bits per heavy atom. The van der Waals surface area contributed by atoms with Crippen LogP contribution in [0.2, 0.25) is 0 Å². The van der Waals surface area contributed by atoms with E-state index in [4.69, 9.17) is 0 Å². The maximum Gasteiger partial charge on any atom is 0.318 e. The first-order valence-corrected chi connectivity index (χ1v) is 11.3. The summed E-state index contributed by atoms with van der Waals surface area (Å²) < 4.78 is 0. The number of nitrogens with zero attached hydrogens (tertiary/aromatic N) is 2. The number of piperidine rings is 1. The quantitative estimate of drug-likeness (QED) is 0.776. The molecular formula is C22H34N4O2. The molecule has 4 aliphatic rings. The van der Waals surface area contributed by atoms with Crippen LogP contribution >= 0.6 is 0 Å². The van der Waals surface area contributed by atoms with E-state index in [0.717, 1.165) is 64.5 Å². The number of hydrogen-bond donors (Lipinski definition) is 2. The van der Waals surface area contributed by atoms with E-state index in [1.165, 1.54) is 32.1 Å². The van der Waals surface area contributed by atoms with Gasteiger partial charge in [-0.3, -0.25) is 4.79 Å². The molecule has 154 valence electrons. The van der Waals surface area contributed by atoms with Crippen LogP contribution in [0.25, 0.3) is 0 Å². The first-order valence-electron chi connectivity index (χ1n) is 11.3. The van der Waals surface area contributed by atoms with Crippen LogP contribution in [0.15, 0.2) is 0 Å². The molecule has 1 heterocycles. The molecular weight excluding hydrogens is 352 g/mol. The van der Waals surface area contributed by atoms with Gasteiger partial charge in [0.2, 0.25) is 5.91 Å². The monoisotopic (exact) mass is 386 g/mol. The Bertz CT molecular complexity index is 629. The van der Waals surface area contributed by atoms with Gasteiger partial charge in [-0.25, -0.2) is 4.79 Å². The fraction of sp³-hybridized carbons (Fsp3) is 0.864. The van der Waals surface area contributed by atoms with Crippen molar-refractivity contribution < 1.29 is 9.59 Å². The maximum absolute atomic E-state index is 13.0. The van der Waals surface area contributed by atoms with E-state index in [1.54, 1.807) is 0 Å². The van der Waals surface area contributed by atoms with Crippen molar-refractivity contribution in [1.82, 2.24) is 15.5 Å². The highest BCUT2D eigenvalue weighted by Gasteiger charge is 2.47. The molecule has 0 aromatic heterocycles. The van der Waals surface area contributed by atoms with Gasteiger partial charge in [-0.05, 0) is 62.7 Å². The number of amides is 3. The number of likely N-dealkylation sites (tertiary alicyclic amines) is 1. The molecule has 0 radical (unpaired) electrons. The van der Waals surface area contributed by atoms with Crippen molar-refractivity contribution in [2.45, 2.75) is 95.1 Å². The van der Waals surface area contributed by atoms with Crippen molar-refractivity contribution in [3.8, 4) is 6.07 Å². The molecule has 1 unspecified atom stereocenters. The van der Waals surface area contributed by atoms with Gasteiger partial charge in [-0.15, -0.1) is 0 Å². The van der Waals surface area contributed by atoms with Crippen LogP contribution in [-0.4, -0.2) is 41.5 Å². The zero-order valence-corrected chi connectivity index (χ0v) is 17.0. The summed E-state index contributed by atoms with van der Waals surface area (Å²) >= 11 is 0. The Balaban J connectivity index is 1.38. The molecule has 4 rings (SSSR count). The number of nitrogens with one attached hydrogen (secondary N) is 2. The molecule has 3 aliphatic carbocycles. The van der Waals surface area contributed by atoms with Crippen molar-refractivity contribution in [1.29, 1.82) is 5.26 Å². The van der Waals surface area contributed by atoms with Crippen LogP contribution in [0.1, 0.15) is 83.5 Å². The summed E-state index contributed by atoms with van der Waals surface area (Å²) in [5.41, 5.74) is -0.212. The lowest BCUT2D eigenvalue weighted by molar-refractivity contribution is -0.125. The molecule has 0 bridgehead atoms. The van der Waals surface area contributed by atoms with E-state index >= 15 is 0 Å². The summed E-state index contributed by atoms with van der Waals surface area (Å²) in [4.78, 5) is 27.9. The second-order valence-corrected chi connectivity index (χ2v) is 9.70. The van der Waals surface area contributed by atoms with Crippen LogP contribution in [0.4, 0.5) is 4.79 Å². The normalized spacial score (nSPS) is 27.0. The van der Waals surface area contributed by atoms with Crippen LogP contribution in [0.5, 0.6) is 0 Å². The van der Waals surface area contributed by atoms with Crippen LogP contribution in [0, 0.1) is 22.7 Å². The van der Waals surface area contributed by atoms with E-state index in [-0.39, 0.29) is 17.9 Å². The summed E-state index contributed by atoms with van der Waals surface area (Å²) in [6, 6.07) is 1.62. The standard InChI is InChI=1S/C22H34N4O2/c23-16-22(10-11-22)25-19(27)18(17-6-2-1-3-7-17)24-20(28)26-14-12-21(13-15-26)8-4-5-9-21/h17-18H,1-15H2,(H,24,28)(H,25,27). The molecule has 0 aromatic rings. The number of hydrogen-bond acceptors (Lipinski definition) is 3. The summed E-state index contributed by atoms with van der Waals surface area (Å²) in [5, 5.41) is 15.3. The minimum absolute atomic E-state index is 0.0969. The third-order valence-corrected chi connectivity index (χ3v) is 7.78. The lowest BCUT2D eigenvalue weighted by Crippen LogP contribution is -2.57. The largest absolute Gasteiger partial charge is 0.336 e. The Hall–Kier alpha value is -1.77. The Labute approximate surface area is 168 Å². The van der Waals surface area contributed by atoms with Gasteiger partial charge in [0, 0.05) is 13.1 Å². The molecule has 4 fully saturated rings. The van der Waals surface area contributed by atoms with Gasteiger partial charge in [-0.2, -0.15) is 5.26 Å². The highest BCUT2D eigenvalue weighted by molar-refractivity contribution is 5.88. The van der Waals surface area contributed by atoms with E-state index < -0.39 is 11.6 Å². The van der Waals surface area contributed by atoms with Crippen LogP contribution in [0.3, 0.4) is 0 Å². The fourth-order valence-electron chi connectivity index (χ4n) is 5.60. The predicted molar refractivity (Wildman–Crippen MR) is 106 cm³/mol. The molecule has 2 N–H and O–H groups in total. The van der Waals surface area contributed by atoms with Gasteiger partial charge in [-0.1, -0.05) is 32.1 Å². The van der Waals surface area contributed by atoms with Gasteiger partial charge in [0.15, 0.2) is 0 Å². The number of carbonyl (C=O) groups excluding carboxylic acids is 2. The predicted octanol–water partition coefficient (Wildman–Crippen LogP) is 3.47. The zero-order chi connectivity index (χ0) is 19.6. The molecule has 1 spiro atoms. The fourth-order valence-corrected chi connectivity index (χ4v) is 5.60. The van der Waals surface area contributed by atoms with Crippen LogP contribution in [-0.2, 0) is 4.79 Å². The zero-order valence-electron chi connectivity index (χ0n) is 17.0. The molecule has 0 aromatic carbocycles. The molecule has 28 heavy (non-hydrogen) atoms. The lowest BCUT2D eigenvalue weighted by atomic mass is 9.77. The van der Waals surface area contributed by atoms with E-state index in [0.29, 0.717) is 5.41 Å². The highest BCUT2D eigenvalue weighted by atomic mass is 16.2. The Morgan fingerprint density at radius 1 is 0.929 bits per heavy atom. The van der Waals surface area contributed by atoms with Crippen molar-refractivity contribution in [3.63, 3.8) is 0 Å². The van der Waals surface area contributed by atoms with Gasteiger partial charge in [0.05, 0.1) is 6.07 Å². The smallest absolute Gasteiger partial charge is 0.318 e. The number of carbonyl (C=O) groups is 2. The molecule has 1 aliphatic heterocycles. The van der Waals surface area contributed by atoms with Crippen molar-refractivity contribution in [2.75, 3.05) is 13.1 Å². The number of nitriles is 1. The Kier molecular flexibility index (Phi) is 5.53. The van der Waals surface area contributed by atoms with E-state index in [9.17, 15) is 14.9 Å². The number of urea groups is 1. The summed E-state index contributed by atoms with van der Waals surface area (Å²) in [6.45, 7) is 1.60. The molecule has 1 saturated heterocycles. The minimum atomic E-state index is -0.686. The summed E-state index contributed by atoms with van der Waals surface area (Å²) in [6.07, 6.45) is 14.3. The van der Waals surface area contributed by atoms with Gasteiger partial charge >= 0.3 is 6.03 Å². The summed E-state index contributed by atoms with van der Waals surface area (Å²) in [5.74, 6) is 0.0155. The summed E-state index contributed by atoms with van der Waals surface area (Å²) in [7, 11) is 0. The van der Waals surface area contributed by atoms with E-state index in [2.05, 4.69) is 16.7 Å². The molecule has 6 nitrogen and oxygen atoms in total. The average molecular weight is 387 g/mol. The van der Waals surface area contributed by atoms with Crippen molar-refractivity contribution in [2.24, 2.45) is 11.3 Å². The van der Waals surface area contributed by atoms with Crippen molar-refractivity contribution >= 4 is 11.9 Å². The van der Waals surface area contributed by atoms with Gasteiger partial charge < -0.3 is 15.5 Å². The molecule has 3 amide bonds. The second-order valence-electron chi connectivity index (χ2n) is 9.70. The topological polar surface area (TPSA) is 85.2 Å². The third kappa shape index (κ3) is 4.14. The first-order chi connectivity index (χ1) is 13.5. The van der Waals surface area contributed by atoms with Crippen molar-refractivity contribution in [3.05, 3.63) is 0 Å². The Morgan fingerprint density at radius 3 is 2.14 bits per heavy atom. The second kappa shape index (κ2) is 7.93. The van der Waals surface area contributed by atoms with Crippen LogP contribution < -0.4 is 10.6 Å². The van der Waals surface area contributed by atoms with Gasteiger partial charge in [0.1, 0.15) is 11.6 Å². The minimum Gasteiger partial charge on any atom is -0.336 e. The SMILES string of the molecule is N#CC1(NC(=O)C(NC(=O)N2CCC3(CCCC3)CC2)C2CCCCC2)CC1.